The molecule has 1 aliphatic rings. The van der Waals surface area contributed by atoms with Crippen LogP contribution in [-0.4, -0.2) is 69.4 Å². The number of likely N-dealkylation sites (N-methyl/N-ethyl adjacent to an activating group) is 1. The van der Waals surface area contributed by atoms with Gasteiger partial charge in [-0.25, -0.2) is 15.0 Å². The van der Waals surface area contributed by atoms with E-state index in [0.29, 0.717) is 24.0 Å². The molecule has 1 amide bonds. The van der Waals surface area contributed by atoms with Gasteiger partial charge in [-0.3, -0.25) is 9.78 Å². The van der Waals surface area contributed by atoms with Gasteiger partial charge in [0.05, 0.1) is 11.9 Å². The summed E-state index contributed by atoms with van der Waals surface area (Å²) in [6.07, 6.45) is 9.35. The molecule has 1 fully saturated rings. The van der Waals surface area contributed by atoms with Gasteiger partial charge in [0.2, 0.25) is 5.91 Å². The molecular weight excluding hydrogens is 342 g/mol. The van der Waals surface area contributed by atoms with Crippen molar-refractivity contribution >= 4 is 17.5 Å². The number of likely N-dealkylation sites (tertiary alicyclic amines) is 1. The van der Waals surface area contributed by atoms with Crippen LogP contribution < -0.4 is 5.32 Å². The van der Waals surface area contributed by atoms with E-state index >= 15 is 0 Å². The maximum absolute atomic E-state index is 12.3. The first kappa shape index (κ1) is 18.9. The van der Waals surface area contributed by atoms with Crippen molar-refractivity contribution in [2.45, 2.75) is 19.3 Å². The number of hydrogen-bond acceptors (Lipinski definition) is 7. The largest absolute Gasteiger partial charge is 0.338 e. The van der Waals surface area contributed by atoms with Crippen LogP contribution in [0, 0.1) is 6.92 Å². The van der Waals surface area contributed by atoms with Gasteiger partial charge in [0.1, 0.15) is 17.5 Å². The molecule has 1 atom stereocenters. The molecule has 0 radical (unpaired) electrons. The highest BCUT2D eigenvalue weighted by Gasteiger charge is 2.27. The monoisotopic (exact) mass is 367 g/mol. The van der Waals surface area contributed by atoms with Gasteiger partial charge in [0, 0.05) is 50.1 Å². The lowest BCUT2D eigenvalue weighted by Gasteiger charge is -2.15. The van der Waals surface area contributed by atoms with E-state index in [2.05, 4.69) is 25.3 Å². The molecule has 8 nitrogen and oxygen atoms in total. The molecule has 1 aliphatic heterocycles. The quantitative estimate of drug-likeness (QED) is 0.778. The molecule has 27 heavy (non-hydrogen) atoms. The average molecular weight is 367 g/mol. The Kier molecular flexibility index (Phi) is 6.08. The minimum atomic E-state index is 0.0584. The third-order valence-corrected chi connectivity index (χ3v) is 4.33. The SMILES string of the molecule is Cc1nc(Nc2cnccn2)cc(C2CCN(C(=O)/C=C/CN(C)C)C2)n1. The number of hydrogen-bond donors (Lipinski definition) is 1. The fourth-order valence-corrected chi connectivity index (χ4v) is 3.03. The molecule has 0 aliphatic carbocycles. The number of carbonyl (C=O) groups is 1. The van der Waals surface area contributed by atoms with Crippen molar-refractivity contribution < 1.29 is 4.79 Å². The van der Waals surface area contributed by atoms with Crippen LogP contribution in [0.4, 0.5) is 11.6 Å². The molecule has 2 aromatic heterocycles. The third-order valence-electron chi connectivity index (χ3n) is 4.33. The Labute approximate surface area is 159 Å². The van der Waals surface area contributed by atoms with E-state index in [0.717, 1.165) is 25.2 Å². The molecular formula is C19H25N7O. The summed E-state index contributed by atoms with van der Waals surface area (Å²) in [7, 11) is 3.95. The second-order valence-corrected chi connectivity index (χ2v) is 6.88. The fourth-order valence-electron chi connectivity index (χ4n) is 3.03. The van der Waals surface area contributed by atoms with Crippen molar-refractivity contribution in [1.29, 1.82) is 0 Å². The normalized spacial score (nSPS) is 17.0. The molecule has 142 valence electrons. The molecule has 8 heteroatoms. The summed E-state index contributed by atoms with van der Waals surface area (Å²) < 4.78 is 0. The lowest BCUT2D eigenvalue weighted by Crippen LogP contribution is -2.27. The Hall–Kier alpha value is -2.87. The zero-order valence-corrected chi connectivity index (χ0v) is 16.0. The number of carbonyl (C=O) groups excluding carboxylic acids is 1. The van der Waals surface area contributed by atoms with Crippen molar-refractivity contribution in [1.82, 2.24) is 29.7 Å². The first-order valence-corrected chi connectivity index (χ1v) is 9.00. The standard InChI is InChI=1S/C19H25N7O/c1-14-22-16(11-17(23-14)24-18-12-20-7-8-21-18)15-6-10-26(13-15)19(27)5-4-9-25(2)3/h4-5,7-8,11-12,15H,6,9-10,13H2,1-3H3,(H,21,22,23,24)/b5-4+. The summed E-state index contributed by atoms with van der Waals surface area (Å²) in [6, 6.07) is 1.93. The molecule has 1 N–H and O–H groups in total. The van der Waals surface area contributed by atoms with Crippen molar-refractivity contribution in [2.24, 2.45) is 0 Å². The lowest BCUT2D eigenvalue weighted by atomic mass is 10.0. The minimum Gasteiger partial charge on any atom is -0.338 e. The van der Waals surface area contributed by atoms with E-state index in [1.807, 2.05) is 43.0 Å². The smallest absolute Gasteiger partial charge is 0.246 e. The highest BCUT2D eigenvalue weighted by Crippen LogP contribution is 2.27. The summed E-state index contributed by atoms with van der Waals surface area (Å²) in [5.74, 6) is 2.28. The number of aryl methyl sites for hydroxylation is 1. The maximum atomic E-state index is 12.3. The molecule has 0 spiro atoms. The van der Waals surface area contributed by atoms with Crippen LogP contribution >= 0.6 is 0 Å². The molecule has 1 saturated heterocycles. The van der Waals surface area contributed by atoms with E-state index < -0.39 is 0 Å². The fraction of sp³-hybridized carbons (Fsp3) is 0.421. The van der Waals surface area contributed by atoms with Gasteiger partial charge in [-0.2, -0.15) is 0 Å². The molecule has 0 saturated carbocycles. The molecule has 3 heterocycles. The zero-order chi connectivity index (χ0) is 19.2. The summed E-state index contributed by atoms with van der Waals surface area (Å²) in [5, 5.41) is 3.16. The maximum Gasteiger partial charge on any atom is 0.246 e. The highest BCUT2D eigenvalue weighted by atomic mass is 16.2. The number of rotatable bonds is 6. The van der Waals surface area contributed by atoms with E-state index in [1.54, 1.807) is 24.7 Å². The topological polar surface area (TPSA) is 87.1 Å². The summed E-state index contributed by atoms with van der Waals surface area (Å²) in [4.78, 5) is 33.5. The van der Waals surface area contributed by atoms with Gasteiger partial charge in [-0.1, -0.05) is 6.08 Å². The van der Waals surface area contributed by atoms with Crippen LogP contribution in [0.3, 0.4) is 0 Å². The molecule has 0 bridgehead atoms. The van der Waals surface area contributed by atoms with Crippen LogP contribution in [-0.2, 0) is 4.79 Å². The summed E-state index contributed by atoms with van der Waals surface area (Å²) >= 11 is 0. The van der Waals surface area contributed by atoms with E-state index in [-0.39, 0.29) is 11.8 Å². The predicted molar refractivity (Wildman–Crippen MR) is 104 cm³/mol. The van der Waals surface area contributed by atoms with E-state index in [9.17, 15) is 4.79 Å². The zero-order valence-electron chi connectivity index (χ0n) is 16.0. The van der Waals surface area contributed by atoms with Gasteiger partial charge in [-0.15, -0.1) is 0 Å². The van der Waals surface area contributed by atoms with Gasteiger partial charge in [0.25, 0.3) is 0 Å². The minimum absolute atomic E-state index is 0.0584. The number of aromatic nitrogens is 4. The second kappa shape index (κ2) is 8.68. The van der Waals surface area contributed by atoms with Crippen LogP contribution in [0.2, 0.25) is 0 Å². The second-order valence-electron chi connectivity index (χ2n) is 6.88. The predicted octanol–water partition coefficient (Wildman–Crippen LogP) is 1.75. The number of nitrogens with one attached hydrogen (secondary N) is 1. The average Bonchev–Trinajstić information content (AvgIpc) is 3.12. The first-order valence-electron chi connectivity index (χ1n) is 9.00. The lowest BCUT2D eigenvalue weighted by molar-refractivity contribution is -0.125. The Bertz CT molecular complexity index is 807. The van der Waals surface area contributed by atoms with Crippen LogP contribution in [0.1, 0.15) is 23.9 Å². The summed E-state index contributed by atoms with van der Waals surface area (Å²) in [6.45, 7) is 4.04. The number of nitrogens with zero attached hydrogens (tertiary/aromatic N) is 6. The van der Waals surface area contributed by atoms with Crippen molar-refractivity contribution in [3.8, 4) is 0 Å². The van der Waals surface area contributed by atoms with Crippen molar-refractivity contribution in [3.63, 3.8) is 0 Å². The van der Waals surface area contributed by atoms with E-state index in [1.165, 1.54) is 0 Å². The van der Waals surface area contributed by atoms with Gasteiger partial charge >= 0.3 is 0 Å². The van der Waals surface area contributed by atoms with Gasteiger partial charge in [0.15, 0.2) is 0 Å². The Morgan fingerprint density at radius 1 is 1.33 bits per heavy atom. The van der Waals surface area contributed by atoms with Crippen molar-refractivity contribution in [3.05, 3.63) is 48.3 Å². The third kappa shape index (κ3) is 5.30. The number of amides is 1. The molecule has 0 aromatic carbocycles. The van der Waals surface area contributed by atoms with Crippen LogP contribution in [0.15, 0.2) is 36.8 Å². The van der Waals surface area contributed by atoms with Gasteiger partial charge in [-0.05, 0) is 27.4 Å². The highest BCUT2D eigenvalue weighted by molar-refractivity contribution is 5.87. The van der Waals surface area contributed by atoms with Crippen LogP contribution in [0.5, 0.6) is 0 Å². The Morgan fingerprint density at radius 3 is 2.93 bits per heavy atom. The van der Waals surface area contributed by atoms with Crippen LogP contribution in [0.25, 0.3) is 0 Å². The first-order chi connectivity index (χ1) is 13.0. The Balaban J connectivity index is 1.66. The van der Waals surface area contributed by atoms with Crippen molar-refractivity contribution in [2.75, 3.05) is 39.0 Å². The summed E-state index contributed by atoms with van der Waals surface area (Å²) in [5.41, 5.74) is 0.946. The van der Waals surface area contributed by atoms with Gasteiger partial charge < -0.3 is 15.1 Å². The molecule has 3 rings (SSSR count). The molecule has 1 unspecified atom stereocenters. The molecule has 2 aromatic rings. The Morgan fingerprint density at radius 2 is 2.19 bits per heavy atom. The number of anilines is 2. The van der Waals surface area contributed by atoms with E-state index in [4.69, 9.17) is 0 Å².